The van der Waals surface area contributed by atoms with Gasteiger partial charge in [-0.1, -0.05) is 0 Å². The Bertz CT molecular complexity index is 178. The summed E-state index contributed by atoms with van der Waals surface area (Å²) < 4.78 is 0. The molecule has 0 aromatic rings. The van der Waals surface area contributed by atoms with Crippen molar-refractivity contribution in [2.45, 2.75) is 0 Å². The molecule has 1 aliphatic heterocycles. The first-order chi connectivity index (χ1) is 4.68. The predicted octanol–water partition coefficient (Wildman–Crippen LogP) is -0.836. The fourth-order valence-corrected chi connectivity index (χ4v) is 0.370. The monoisotopic (exact) mass is 145 g/mol. The molecule has 0 bridgehead atoms. The maximum atomic E-state index is 10.3. The van der Waals surface area contributed by atoms with Crippen LogP contribution in [0.3, 0.4) is 0 Å². The van der Waals surface area contributed by atoms with E-state index in [0.717, 1.165) is 12.2 Å². The molecule has 0 saturated heterocycles. The molecule has 0 saturated carbocycles. The topological polar surface area (TPSA) is 76.1 Å². The molecule has 0 aromatic carbocycles. The number of carbonyl (C=O) groups excluding carboxylic acids is 2. The molecule has 10 heavy (non-hydrogen) atoms. The molecule has 0 aliphatic carbocycles. The van der Waals surface area contributed by atoms with E-state index in [2.05, 4.69) is 9.68 Å². The third-order valence-electron chi connectivity index (χ3n) is 0.692. The Hall–Kier alpha value is -1.40. The van der Waals surface area contributed by atoms with Gasteiger partial charge in [0, 0.05) is 12.2 Å². The van der Waals surface area contributed by atoms with Crippen molar-refractivity contribution in [1.29, 1.82) is 0 Å². The van der Waals surface area contributed by atoms with Gasteiger partial charge in [-0.25, -0.2) is 14.8 Å². The number of rotatable bonds is 0. The van der Waals surface area contributed by atoms with Crippen molar-refractivity contribution in [3.63, 3.8) is 0 Å². The Labute approximate surface area is 55.1 Å². The predicted molar refractivity (Wildman–Crippen MR) is 24.9 cm³/mol. The first-order valence-corrected chi connectivity index (χ1v) is 2.29. The van der Waals surface area contributed by atoms with Crippen molar-refractivity contribution in [3.8, 4) is 0 Å². The first kappa shape index (κ1) is 6.72. The van der Waals surface area contributed by atoms with E-state index in [1.54, 1.807) is 0 Å². The quantitative estimate of drug-likeness (QED) is 0.479. The summed E-state index contributed by atoms with van der Waals surface area (Å²) in [6.45, 7) is 0. The average Bonchev–Trinajstić information content (AvgIpc) is 1.93. The van der Waals surface area contributed by atoms with Gasteiger partial charge in [-0.15, -0.1) is 0 Å². The molecular weight excluding hydrogens is 142 g/mol. The van der Waals surface area contributed by atoms with Crippen LogP contribution in [0.5, 0.6) is 0 Å². The van der Waals surface area contributed by atoms with Crippen LogP contribution in [0.2, 0.25) is 0 Å². The lowest BCUT2D eigenvalue weighted by Gasteiger charge is -2.05. The number of nitrogens with zero attached hydrogens (tertiary/aromatic N) is 1. The zero-order chi connectivity index (χ0) is 7.56. The van der Waals surface area contributed by atoms with Gasteiger partial charge in [-0.2, -0.15) is 0 Å². The van der Waals surface area contributed by atoms with Gasteiger partial charge in [0.05, 0.1) is 0 Å². The summed E-state index contributed by atoms with van der Waals surface area (Å²) in [4.78, 5) is 28.4. The van der Waals surface area contributed by atoms with Crippen LogP contribution in [0.15, 0.2) is 12.2 Å². The van der Waals surface area contributed by atoms with E-state index < -0.39 is 11.9 Å². The highest BCUT2D eigenvalue weighted by atomic mass is 17.1. The summed E-state index contributed by atoms with van der Waals surface area (Å²) in [6.07, 6.45) is 1.66. The molecule has 6 heteroatoms. The Morgan fingerprint density at radius 1 is 1.20 bits per heavy atom. The maximum absolute atomic E-state index is 10.3. The fraction of sp³-hybridized carbons (Fsp3) is 0. The second-order valence-electron chi connectivity index (χ2n) is 1.39. The second kappa shape index (κ2) is 2.46. The number of carbonyl (C=O) groups is 2. The Morgan fingerprint density at radius 2 is 1.60 bits per heavy atom. The lowest BCUT2D eigenvalue weighted by atomic mass is 10.5. The van der Waals surface area contributed by atoms with Gasteiger partial charge < -0.3 is 9.68 Å². The summed E-state index contributed by atoms with van der Waals surface area (Å²) in [5.41, 5.74) is 0. The third kappa shape index (κ3) is 1.54. The van der Waals surface area contributed by atoms with Crippen LogP contribution in [0.4, 0.5) is 0 Å². The molecule has 0 aromatic heterocycles. The molecule has 1 rings (SSSR count). The van der Waals surface area contributed by atoms with E-state index in [1.165, 1.54) is 0 Å². The minimum atomic E-state index is -0.881. The number of hydrogen-bond donors (Lipinski definition) is 1. The summed E-state index contributed by atoms with van der Waals surface area (Å²) in [5, 5.41) is 8.04. The molecule has 0 unspecified atom stereocenters. The molecule has 0 radical (unpaired) electrons. The highest BCUT2D eigenvalue weighted by molar-refractivity contribution is 5.92. The van der Waals surface area contributed by atoms with Crippen LogP contribution in [-0.4, -0.2) is 22.5 Å². The highest BCUT2D eigenvalue weighted by Gasteiger charge is 2.15. The van der Waals surface area contributed by atoms with E-state index in [4.69, 9.17) is 5.21 Å². The van der Waals surface area contributed by atoms with E-state index in [-0.39, 0.29) is 5.39 Å². The minimum absolute atomic E-state index is 0.301. The molecule has 1 heterocycles. The molecule has 0 fully saturated rings. The van der Waals surface area contributed by atoms with Crippen molar-refractivity contribution >= 4 is 11.9 Å². The normalized spacial score (nSPS) is 19.7. The van der Waals surface area contributed by atoms with Crippen LogP contribution in [-0.2, 0) is 19.3 Å². The molecule has 0 atom stereocenters. The number of hydrogen-bond acceptors (Lipinski definition) is 6. The Kier molecular flexibility index (Phi) is 1.65. The Balaban J connectivity index is 2.69. The molecule has 6 nitrogen and oxygen atoms in total. The smallest absolute Gasteiger partial charge is 0.305 e. The van der Waals surface area contributed by atoms with E-state index in [0.29, 0.717) is 0 Å². The summed E-state index contributed by atoms with van der Waals surface area (Å²) in [5.74, 6) is -1.76. The van der Waals surface area contributed by atoms with Gasteiger partial charge >= 0.3 is 11.9 Å². The summed E-state index contributed by atoms with van der Waals surface area (Å²) in [7, 11) is 0. The van der Waals surface area contributed by atoms with Crippen molar-refractivity contribution in [2.75, 3.05) is 0 Å². The largest absolute Gasteiger partial charge is 0.356 e. The van der Waals surface area contributed by atoms with Gasteiger partial charge in [0.25, 0.3) is 0 Å². The zero-order valence-electron chi connectivity index (χ0n) is 4.68. The van der Waals surface area contributed by atoms with Crippen LogP contribution in [0.25, 0.3) is 0 Å². The zero-order valence-corrected chi connectivity index (χ0v) is 4.68. The van der Waals surface area contributed by atoms with Crippen LogP contribution in [0.1, 0.15) is 0 Å². The second-order valence-corrected chi connectivity index (χ2v) is 1.39. The van der Waals surface area contributed by atoms with E-state index in [1.807, 2.05) is 0 Å². The molecule has 0 spiro atoms. The van der Waals surface area contributed by atoms with Crippen molar-refractivity contribution in [1.82, 2.24) is 5.39 Å². The van der Waals surface area contributed by atoms with Crippen LogP contribution < -0.4 is 0 Å². The van der Waals surface area contributed by atoms with Gasteiger partial charge in [-0.3, -0.25) is 0 Å². The lowest BCUT2D eigenvalue weighted by molar-refractivity contribution is -0.463. The van der Waals surface area contributed by atoms with Crippen LogP contribution in [0, 0.1) is 0 Å². The van der Waals surface area contributed by atoms with Crippen molar-refractivity contribution < 1.29 is 24.5 Å². The molecular formula is C4H3NO5. The Morgan fingerprint density at radius 3 is 2.00 bits per heavy atom. The SMILES string of the molecule is O=C1C=CC(=O)ON(O)O1. The molecule has 0 amide bonds. The van der Waals surface area contributed by atoms with Crippen LogP contribution >= 0.6 is 0 Å². The van der Waals surface area contributed by atoms with Gasteiger partial charge in [0.1, 0.15) is 0 Å². The van der Waals surface area contributed by atoms with Gasteiger partial charge in [-0.05, 0) is 0 Å². The summed E-state index contributed by atoms with van der Waals surface area (Å²) in [6, 6.07) is 0. The third-order valence-corrected chi connectivity index (χ3v) is 0.692. The standard InChI is InChI=1S/C4H3NO5/c6-3-1-2-4(7)10-5(8)9-3/h1-2,8H. The van der Waals surface area contributed by atoms with E-state index in [9.17, 15) is 9.59 Å². The fourth-order valence-electron chi connectivity index (χ4n) is 0.370. The lowest BCUT2D eigenvalue weighted by Crippen LogP contribution is -2.23. The minimum Gasteiger partial charge on any atom is -0.305 e. The van der Waals surface area contributed by atoms with E-state index >= 15 is 0 Å². The molecule has 54 valence electrons. The van der Waals surface area contributed by atoms with Crippen molar-refractivity contribution in [2.24, 2.45) is 0 Å². The summed E-state index contributed by atoms with van der Waals surface area (Å²) >= 11 is 0. The maximum Gasteiger partial charge on any atom is 0.356 e. The van der Waals surface area contributed by atoms with Crippen molar-refractivity contribution in [3.05, 3.63) is 12.2 Å². The first-order valence-electron chi connectivity index (χ1n) is 2.29. The molecule has 1 aliphatic rings. The average molecular weight is 145 g/mol. The van der Waals surface area contributed by atoms with Gasteiger partial charge in [0.2, 0.25) is 0 Å². The highest BCUT2D eigenvalue weighted by Crippen LogP contribution is 1.96. The molecule has 1 N–H and O–H groups in total. The van der Waals surface area contributed by atoms with Gasteiger partial charge in [0.15, 0.2) is 5.39 Å².